The van der Waals surface area contributed by atoms with Crippen molar-refractivity contribution in [3.8, 4) is 5.75 Å². The number of carbonyl (C=O) groups is 1. The maximum Gasteiger partial charge on any atom is 0.267 e. The Labute approximate surface area is 101 Å². The van der Waals surface area contributed by atoms with E-state index < -0.39 is 6.10 Å². The molecule has 1 amide bonds. The van der Waals surface area contributed by atoms with Crippen LogP contribution in [0.2, 0.25) is 5.02 Å². The number of benzene rings is 1. The molecule has 1 aromatic carbocycles. The molecule has 1 heterocycles. The molecule has 15 heavy (non-hydrogen) atoms. The topological polar surface area (TPSA) is 29.5 Å². The van der Waals surface area contributed by atoms with Crippen LogP contribution >= 0.6 is 27.5 Å². The van der Waals surface area contributed by atoms with Gasteiger partial charge in [-0.15, -0.1) is 0 Å². The van der Waals surface area contributed by atoms with Gasteiger partial charge >= 0.3 is 0 Å². The third-order valence-corrected chi connectivity index (χ3v) is 3.06. The van der Waals surface area contributed by atoms with E-state index in [9.17, 15) is 4.79 Å². The van der Waals surface area contributed by atoms with Gasteiger partial charge in [-0.25, -0.2) is 0 Å². The SMILES string of the molecule is CC1Oc2c(Cl)cc(Br)cc2N(C)C1=O. The number of ether oxygens (including phenoxy) is 1. The van der Waals surface area contributed by atoms with Crippen LogP contribution < -0.4 is 9.64 Å². The first-order valence-electron chi connectivity index (χ1n) is 4.44. The van der Waals surface area contributed by atoms with Crippen molar-refractivity contribution >= 4 is 39.1 Å². The molecule has 1 aliphatic heterocycles. The smallest absolute Gasteiger partial charge is 0.267 e. The summed E-state index contributed by atoms with van der Waals surface area (Å²) in [7, 11) is 1.71. The lowest BCUT2D eigenvalue weighted by Crippen LogP contribution is -2.42. The van der Waals surface area contributed by atoms with Gasteiger partial charge in [-0.1, -0.05) is 27.5 Å². The zero-order valence-corrected chi connectivity index (χ0v) is 10.6. The van der Waals surface area contributed by atoms with Crippen molar-refractivity contribution in [2.75, 3.05) is 11.9 Å². The quantitative estimate of drug-likeness (QED) is 0.735. The minimum absolute atomic E-state index is 0.0725. The highest BCUT2D eigenvalue weighted by molar-refractivity contribution is 9.10. The first kappa shape index (κ1) is 10.8. The Hall–Kier alpha value is -0.740. The van der Waals surface area contributed by atoms with Crippen LogP contribution in [-0.2, 0) is 4.79 Å². The highest BCUT2D eigenvalue weighted by Gasteiger charge is 2.30. The lowest BCUT2D eigenvalue weighted by molar-refractivity contribution is -0.125. The second-order valence-corrected chi connectivity index (χ2v) is 4.72. The van der Waals surface area contributed by atoms with Crippen LogP contribution in [0.3, 0.4) is 0 Å². The van der Waals surface area contributed by atoms with Gasteiger partial charge in [0.15, 0.2) is 11.9 Å². The van der Waals surface area contributed by atoms with Crippen molar-refractivity contribution in [3.63, 3.8) is 0 Å². The first-order valence-corrected chi connectivity index (χ1v) is 5.61. The maximum absolute atomic E-state index is 11.7. The molecule has 3 nitrogen and oxygen atoms in total. The number of carbonyl (C=O) groups excluding carboxylic acids is 1. The Morgan fingerprint density at radius 2 is 2.20 bits per heavy atom. The van der Waals surface area contributed by atoms with Gasteiger partial charge in [0.2, 0.25) is 0 Å². The van der Waals surface area contributed by atoms with Crippen LogP contribution in [0.1, 0.15) is 6.92 Å². The van der Waals surface area contributed by atoms with Crippen molar-refractivity contribution in [3.05, 3.63) is 21.6 Å². The standard InChI is InChI=1S/C10H9BrClNO2/c1-5-10(14)13(2)8-4-6(11)3-7(12)9(8)15-5/h3-5H,1-2H3. The minimum atomic E-state index is -0.485. The number of amides is 1. The summed E-state index contributed by atoms with van der Waals surface area (Å²) in [5.41, 5.74) is 0.692. The molecule has 0 spiro atoms. The van der Waals surface area contributed by atoms with Gasteiger partial charge < -0.3 is 9.64 Å². The van der Waals surface area contributed by atoms with Crippen molar-refractivity contribution in [1.29, 1.82) is 0 Å². The highest BCUT2D eigenvalue weighted by atomic mass is 79.9. The van der Waals surface area contributed by atoms with E-state index in [1.807, 2.05) is 6.07 Å². The zero-order chi connectivity index (χ0) is 11.2. The number of nitrogens with zero attached hydrogens (tertiary/aromatic N) is 1. The molecule has 1 unspecified atom stereocenters. The third kappa shape index (κ3) is 1.72. The van der Waals surface area contributed by atoms with Crippen LogP contribution in [0.25, 0.3) is 0 Å². The molecule has 2 rings (SSSR count). The number of hydrogen-bond acceptors (Lipinski definition) is 2. The lowest BCUT2D eigenvalue weighted by Gasteiger charge is -2.30. The van der Waals surface area contributed by atoms with E-state index in [1.54, 1.807) is 24.9 Å². The summed E-state index contributed by atoms with van der Waals surface area (Å²) in [6, 6.07) is 3.56. The summed E-state index contributed by atoms with van der Waals surface area (Å²) in [5, 5.41) is 0.505. The Bertz CT molecular complexity index is 436. The summed E-state index contributed by atoms with van der Waals surface area (Å²) < 4.78 is 6.28. The van der Waals surface area contributed by atoms with E-state index in [4.69, 9.17) is 16.3 Å². The van der Waals surface area contributed by atoms with E-state index in [0.717, 1.165) is 4.47 Å². The largest absolute Gasteiger partial charge is 0.477 e. The average molecular weight is 291 g/mol. The number of rotatable bonds is 0. The predicted octanol–water partition coefficient (Wildman–Crippen LogP) is 2.85. The highest BCUT2D eigenvalue weighted by Crippen LogP contribution is 2.41. The number of likely N-dealkylation sites (N-methyl/N-ethyl adjacent to an activating group) is 1. The van der Waals surface area contributed by atoms with Gasteiger partial charge in [0.05, 0.1) is 10.7 Å². The molecule has 5 heteroatoms. The lowest BCUT2D eigenvalue weighted by atomic mass is 10.2. The molecule has 1 aliphatic rings. The fourth-order valence-electron chi connectivity index (χ4n) is 1.53. The molecular formula is C10H9BrClNO2. The monoisotopic (exact) mass is 289 g/mol. The van der Waals surface area contributed by atoms with Gasteiger partial charge in [-0.2, -0.15) is 0 Å². The molecule has 0 N–H and O–H groups in total. The first-order chi connectivity index (χ1) is 7.00. The number of halogens is 2. The summed E-state index contributed by atoms with van der Waals surface area (Å²) in [6.07, 6.45) is -0.485. The molecule has 1 aromatic rings. The molecular weight excluding hydrogens is 281 g/mol. The Kier molecular flexibility index (Phi) is 2.64. The van der Waals surface area contributed by atoms with Gasteiger partial charge in [-0.05, 0) is 19.1 Å². The van der Waals surface area contributed by atoms with Crippen molar-refractivity contribution in [1.82, 2.24) is 0 Å². The molecule has 0 radical (unpaired) electrons. The van der Waals surface area contributed by atoms with Crippen LogP contribution in [0.5, 0.6) is 5.75 Å². The van der Waals surface area contributed by atoms with Crippen molar-refractivity contribution in [2.45, 2.75) is 13.0 Å². The maximum atomic E-state index is 11.7. The fourth-order valence-corrected chi connectivity index (χ4v) is 2.37. The molecule has 1 atom stereocenters. The van der Waals surface area contributed by atoms with Gasteiger partial charge in [0.1, 0.15) is 0 Å². The Morgan fingerprint density at radius 1 is 1.53 bits per heavy atom. The van der Waals surface area contributed by atoms with Gasteiger partial charge in [-0.3, -0.25) is 4.79 Å². The normalized spacial score (nSPS) is 19.9. The molecule has 0 aromatic heterocycles. The second-order valence-electron chi connectivity index (χ2n) is 3.39. The fraction of sp³-hybridized carbons (Fsp3) is 0.300. The van der Waals surface area contributed by atoms with E-state index in [1.165, 1.54) is 0 Å². The molecule has 0 bridgehead atoms. The Morgan fingerprint density at radius 3 is 2.87 bits per heavy atom. The summed E-state index contributed by atoms with van der Waals surface area (Å²) in [6.45, 7) is 1.71. The van der Waals surface area contributed by atoms with Crippen LogP contribution in [0.15, 0.2) is 16.6 Å². The Balaban J connectivity index is 2.60. The zero-order valence-electron chi connectivity index (χ0n) is 8.25. The van der Waals surface area contributed by atoms with Gasteiger partial charge in [0.25, 0.3) is 5.91 Å². The summed E-state index contributed by atoms with van der Waals surface area (Å²) >= 11 is 9.36. The predicted molar refractivity (Wildman–Crippen MR) is 62.7 cm³/mol. The van der Waals surface area contributed by atoms with Crippen molar-refractivity contribution < 1.29 is 9.53 Å². The number of hydrogen-bond donors (Lipinski definition) is 0. The van der Waals surface area contributed by atoms with Crippen LogP contribution in [0, 0.1) is 0 Å². The van der Waals surface area contributed by atoms with E-state index in [2.05, 4.69) is 15.9 Å². The van der Waals surface area contributed by atoms with E-state index >= 15 is 0 Å². The minimum Gasteiger partial charge on any atom is -0.477 e. The van der Waals surface area contributed by atoms with Crippen LogP contribution in [-0.4, -0.2) is 19.1 Å². The number of fused-ring (bicyclic) bond motifs is 1. The van der Waals surface area contributed by atoms with Gasteiger partial charge in [0, 0.05) is 11.5 Å². The summed E-state index contributed by atoms with van der Waals surface area (Å²) in [4.78, 5) is 13.2. The number of anilines is 1. The third-order valence-electron chi connectivity index (χ3n) is 2.32. The summed E-state index contributed by atoms with van der Waals surface area (Å²) in [5.74, 6) is 0.492. The second kappa shape index (κ2) is 3.68. The molecule has 80 valence electrons. The molecule has 0 fully saturated rings. The molecule has 0 saturated carbocycles. The van der Waals surface area contributed by atoms with E-state index in [0.29, 0.717) is 16.5 Å². The molecule has 0 saturated heterocycles. The van der Waals surface area contributed by atoms with E-state index in [-0.39, 0.29) is 5.91 Å². The average Bonchev–Trinajstić information content (AvgIpc) is 2.17. The van der Waals surface area contributed by atoms with Crippen molar-refractivity contribution in [2.24, 2.45) is 0 Å². The van der Waals surface area contributed by atoms with Crippen LogP contribution in [0.4, 0.5) is 5.69 Å². The molecule has 0 aliphatic carbocycles.